The summed E-state index contributed by atoms with van der Waals surface area (Å²) < 4.78 is 59.1. The van der Waals surface area contributed by atoms with Crippen LogP contribution in [0.4, 0.5) is 28.9 Å². The number of anilines is 2. The molecule has 2 fully saturated rings. The lowest BCUT2D eigenvalue weighted by Crippen LogP contribution is -2.55. The molecule has 2 saturated heterocycles. The van der Waals surface area contributed by atoms with Gasteiger partial charge in [-0.1, -0.05) is 78.9 Å². The van der Waals surface area contributed by atoms with Crippen molar-refractivity contribution in [3.63, 3.8) is 0 Å². The Kier molecular flexibility index (Phi) is 14.4. The number of hydrogen-bond acceptors (Lipinski definition) is 6. The van der Waals surface area contributed by atoms with Gasteiger partial charge in [0.2, 0.25) is 11.8 Å². The average Bonchev–Trinajstić information content (AvgIpc) is 3.34. The second-order valence-corrected chi connectivity index (χ2v) is 16.7. The van der Waals surface area contributed by atoms with Crippen LogP contribution in [0, 0.1) is 35.1 Å². The van der Waals surface area contributed by atoms with Crippen molar-refractivity contribution in [3.05, 3.63) is 227 Å². The standard InChI is InChI=1S/C31H27F2NO3.C24H21F2NO3/c32-24-10-6-22(7-11-24)29(35)19-18-28-30(34(31(28)36)26-14-12-25(33)13-15-26)23-8-16-27(17-9-23)37-20-21-4-2-1-3-5-21;25-17-5-1-15(2-6-17)22(29)14-13-21-23(16-3-11-20(28)12-4-16)27(24(21)30)19-9-7-18(26)8-10-19/h1-17,28-30,35H,18-20H2;1-12,21-23,28-29H,13-14H2/t28-,29+,30-;21-,22+,23-/m11/s1. The summed E-state index contributed by atoms with van der Waals surface area (Å²) in [5, 5.41) is 30.7. The van der Waals surface area contributed by atoms with E-state index in [2.05, 4.69) is 0 Å². The van der Waals surface area contributed by atoms with Crippen molar-refractivity contribution in [1.29, 1.82) is 0 Å². The molecule has 342 valence electrons. The molecule has 0 spiro atoms. The van der Waals surface area contributed by atoms with Crippen LogP contribution in [0.25, 0.3) is 0 Å². The SMILES string of the molecule is O=C1[C@H](CC[C@H](O)c2ccc(F)cc2)[C@@H](c2ccc(O)cc2)N1c1ccc(F)cc1.O=C1[C@H](CC[C@H](O)c2ccc(F)cc2)[C@@H](c2ccc(OCc3ccccc3)cc2)N1c1ccc(F)cc1. The lowest BCUT2D eigenvalue weighted by atomic mass is 9.78. The molecule has 3 N–H and O–H groups in total. The highest BCUT2D eigenvalue weighted by molar-refractivity contribution is 6.04. The van der Waals surface area contributed by atoms with Crippen molar-refractivity contribution in [2.24, 2.45) is 11.8 Å². The fourth-order valence-corrected chi connectivity index (χ4v) is 8.75. The van der Waals surface area contributed by atoms with E-state index in [0.717, 1.165) is 22.4 Å². The summed E-state index contributed by atoms with van der Waals surface area (Å²) in [6.07, 6.45) is -0.0319. The van der Waals surface area contributed by atoms with Crippen molar-refractivity contribution < 1.29 is 47.2 Å². The van der Waals surface area contributed by atoms with Crippen LogP contribution in [0.2, 0.25) is 0 Å². The Hall–Kier alpha value is -7.28. The minimum Gasteiger partial charge on any atom is -0.508 e. The molecule has 2 aliphatic rings. The number of phenols is 1. The van der Waals surface area contributed by atoms with Gasteiger partial charge in [0.15, 0.2) is 0 Å². The molecule has 0 saturated carbocycles. The van der Waals surface area contributed by atoms with E-state index < -0.39 is 12.2 Å². The van der Waals surface area contributed by atoms with Crippen molar-refractivity contribution in [1.82, 2.24) is 0 Å². The van der Waals surface area contributed by atoms with Gasteiger partial charge in [-0.05, 0) is 151 Å². The van der Waals surface area contributed by atoms with Gasteiger partial charge >= 0.3 is 0 Å². The molecule has 0 radical (unpaired) electrons. The number of carbonyl (C=O) groups excluding carboxylic acids is 2. The first-order valence-electron chi connectivity index (χ1n) is 22.0. The normalized spacial score (nSPS) is 18.5. The number of carbonyl (C=O) groups is 2. The fraction of sp³-hybridized carbons (Fsp3) is 0.200. The first-order valence-corrected chi connectivity index (χ1v) is 22.0. The number of ether oxygens (including phenoxy) is 1. The maximum Gasteiger partial charge on any atom is 0.233 e. The first kappa shape index (κ1) is 46.3. The Bertz CT molecular complexity index is 2730. The monoisotopic (exact) mass is 908 g/mol. The Morgan fingerprint density at radius 2 is 0.851 bits per heavy atom. The molecule has 6 atom stereocenters. The van der Waals surface area contributed by atoms with E-state index in [0.29, 0.717) is 54.8 Å². The molecule has 0 bridgehead atoms. The van der Waals surface area contributed by atoms with Crippen LogP contribution in [0.1, 0.15) is 77.8 Å². The highest BCUT2D eigenvalue weighted by atomic mass is 19.1. The molecule has 8 nitrogen and oxygen atoms in total. The number of halogens is 4. The second kappa shape index (κ2) is 20.9. The van der Waals surface area contributed by atoms with E-state index in [4.69, 9.17) is 4.74 Å². The maximum atomic E-state index is 13.5. The lowest BCUT2D eigenvalue weighted by molar-refractivity contribution is -0.131. The minimum absolute atomic E-state index is 0.0766. The molecular formula is C55H48F4N2O6. The van der Waals surface area contributed by atoms with Crippen LogP contribution in [0.15, 0.2) is 176 Å². The van der Waals surface area contributed by atoms with Gasteiger partial charge in [-0.3, -0.25) is 9.59 Å². The Morgan fingerprint density at radius 3 is 1.25 bits per heavy atom. The van der Waals surface area contributed by atoms with Crippen LogP contribution in [-0.2, 0) is 16.2 Å². The molecule has 0 aliphatic carbocycles. The van der Waals surface area contributed by atoms with E-state index in [9.17, 15) is 42.5 Å². The number of benzene rings is 7. The van der Waals surface area contributed by atoms with Gasteiger partial charge in [-0.15, -0.1) is 0 Å². The highest BCUT2D eigenvalue weighted by Crippen LogP contribution is 2.48. The Morgan fingerprint density at radius 1 is 0.478 bits per heavy atom. The van der Waals surface area contributed by atoms with Gasteiger partial charge < -0.3 is 29.9 Å². The third-order valence-corrected chi connectivity index (χ3v) is 12.4. The zero-order valence-corrected chi connectivity index (χ0v) is 36.2. The summed E-state index contributed by atoms with van der Waals surface area (Å²) in [5.41, 5.74) is 5.26. The first-order chi connectivity index (χ1) is 32.4. The Balaban J connectivity index is 0.000000186. The van der Waals surface area contributed by atoms with Gasteiger partial charge in [0.25, 0.3) is 0 Å². The largest absolute Gasteiger partial charge is 0.508 e. The number of amides is 2. The summed E-state index contributed by atoms with van der Waals surface area (Å²) in [7, 11) is 0. The summed E-state index contributed by atoms with van der Waals surface area (Å²) in [6, 6.07) is 46.6. The molecule has 2 aliphatic heterocycles. The zero-order chi connectivity index (χ0) is 47.0. The summed E-state index contributed by atoms with van der Waals surface area (Å²) in [4.78, 5) is 29.5. The van der Waals surface area contributed by atoms with Gasteiger partial charge in [0.1, 0.15) is 41.4 Å². The van der Waals surface area contributed by atoms with Crippen molar-refractivity contribution in [2.75, 3.05) is 9.80 Å². The third kappa shape index (κ3) is 10.9. The third-order valence-electron chi connectivity index (χ3n) is 12.4. The molecular weight excluding hydrogens is 861 g/mol. The Labute approximate surface area is 386 Å². The number of rotatable bonds is 15. The van der Waals surface area contributed by atoms with Crippen LogP contribution in [0.5, 0.6) is 11.5 Å². The number of phenolic OH excluding ortho intramolecular Hbond substituents is 1. The number of aromatic hydroxyl groups is 1. The molecule has 67 heavy (non-hydrogen) atoms. The molecule has 2 amide bonds. The van der Waals surface area contributed by atoms with Gasteiger partial charge in [-0.25, -0.2) is 17.6 Å². The van der Waals surface area contributed by atoms with Crippen LogP contribution in [0.3, 0.4) is 0 Å². The van der Waals surface area contributed by atoms with E-state index in [1.54, 1.807) is 70.5 Å². The molecule has 9 rings (SSSR count). The zero-order valence-electron chi connectivity index (χ0n) is 36.2. The van der Waals surface area contributed by atoms with Crippen molar-refractivity contribution in [2.45, 2.75) is 56.6 Å². The predicted molar refractivity (Wildman–Crippen MR) is 247 cm³/mol. The maximum absolute atomic E-state index is 13.5. The number of aliphatic hydroxyl groups is 2. The minimum atomic E-state index is -0.807. The van der Waals surface area contributed by atoms with Crippen molar-refractivity contribution >= 4 is 23.2 Å². The van der Waals surface area contributed by atoms with Gasteiger partial charge in [0, 0.05) is 11.4 Å². The summed E-state index contributed by atoms with van der Waals surface area (Å²) in [5.74, 6) is -1.54. The predicted octanol–water partition coefficient (Wildman–Crippen LogP) is 11.6. The number of aliphatic hydroxyl groups excluding tert-OH is 2. The molecule has 12 heteroatoms. The number of β-lactam (4-membered cyclic amide) rings is 2. The number of nitrogens with zero attached hydrogens (tertiary/aromatic N) is 2. The lowest BCUT2D eigenvalue weighted by Gasteiger charge is -2.48. The quantitative estimate of drug-likeness (QED) is 0.0698. The fourth-order valence-electron chi connectivity index (χ4n) is 8.75. The summed E-state index contributed by atoms with van der Waals surface area (Å²) in [6.45, 7) is 0.452. The van der Waals surface area contributed by atoms with Crippen LogP contribution >= 0.6 is 0 Å². The van der Waals surface area contributed by atoms with E-state index >= 15 is 0 Å². The second-order valence-electron chi connectivity index (χ2n) is 16.7. The van der Waals surface area contributed by atoms with E-state index in [-0.39, 0.29) is 64.8 Å². The van der Waals surface area contributed by atoms with Crippen LogP contribution in [-0.4, -0.2) is 27.1 Å². The highest BCUT2D eigenvalue weighted by Gasteiger charge is 2.49. The molecule has 7 aromatic rings. The van der Waals surface area contributed by atoms with Crippen molar-refractivity contribution in [3.8, 4) is 11.5 Å². The molecule has 0 aromatic heterocycles. The molecule has 0 unspecified atom stereocenters. The average molecular weight is 909 g/mol. The topological polar surface area (TPSA) is 111 Å². The van der Waals surface area contributed by atoms with Gasteiger partial charge in [-0.2, -0.15) is 0 Å². The van der Waals surface area contributed by atoms with E-state index in [1.807, 2.05) is 54.6 Å². The van der Waals surface area contributed by atoms with E-state index in [1.165, 1.54) is 60.7 Å². The molecule has 2 heterocycles. The smallest absolute Gasteiger partial charge is 0.233 e. The summed E-state index contributed by atoms with van der Waals surface area (Å²) >= 11 is 0. The van der Waals surface area contributed by atoms with Crippen LogP contribution < -0.4 is 14.5 Å². The number of hydrogen-bond donors (Lipinski definition) is 3. The van der Waals surface area contributed by atoms with Gasteiger partial charge in [0.05, 0.1) is 36.1 Å². The molecule has 7 aromatic carbocycles.